The molecule has 0 radical (unpaired) electrons. The molecular weight excluding hydrogens is 1150 g/mol. The van der Waals surface area contributed by atoms with E-state index in [4.69, 9.17) is 17.9 Å². The number of hydrogen-bond donors (Lipinski definition) is 0. The molecule has 15 aromatic rings. The molecule has 15 rings (SSSR count). The van der Waals surface area contributed by atoms with E-state index in [0.29, 0.717) is 37.7 Å². The maximum atomic E-state index is 9.59. The molecule has 7 heteroatoms. The van der Waals surface area contributed by atoms with Crippen LogP contribution in [-0.2, 0) is 19.4 Å². The van der Waals surface area contributed by atoms with E-state index in [-0.39, 0.29) is 27.9 Å². The van der Waals surface area contributed by atoms with Crippen LogP contribution in [-0.4, -0.2) is 23.3 Å². The molecule has 0 atom stereocenters. The van der Waals surface area contributed by atoms with Gasteiger partial charge in [-0.1, -0.05) is 66.7 Å². The summed E-state index contributed by atoms with van der Waals surface area (Å²) in [4.78, 5) is 5.10. The first-order valence-corrected chi connectivity index (χ1v) is 26.8. The van der Waals surface area contributed by atoms with Gasteiger partial charge in [0.25, 0.3) is 0 Å². The van der Waals surface area contributed by atoms with Crippen molar-refractivity contribution in [3.8, 4) is 78.9 Å². The Kier molecular flexibility index (Phi) is 9.04. The van der Waals surface area contributed by atoms with Gasteiger partial charge in [0, 0.05) is 11.8 Å². The maximum absolute atomic E-state index is 9.59. The van der Waals surface area contributed by atoms with E-state index in [1.54, 1.807) is 12.1 Å². The van der Waals surface area contributed by atoms with Crippen molar-refractivity contribution >= 4 is 54.6 Å². The van der Waals surface area contributed by atoms with Crippen molar-refractivity contribution in [3.05, 3.63) is 289 Å². The molecule has 0 N–H and O–H groups in total. The molecule has 4 aromatic heterocycles. The topological polar surface area (TPSA) is 41.8 Å². The fourth-order valence-electron chi connectivity index (χ4n) is 11.3. The van der Waals surface area contributed by atoms with Crippen molar-refractivity contribution in [1.82, 2.24) is 23.3 Å². The summed E-state index contributed by atoms with van der Waals surface area (Å²) in [5.74, 6) is 1.83. The molecule has 376 valence electrons. The molecule has 0 saturated carbocycles. The number of fused-ring (bicyclic) bond motifs is 7. The summed E-state index contributed by atoms with van der Waals surface area (Å²) in [6.07, 6.45) is 1.93. The van der Waals surface area contributed by atoms with Gasteiger partial charge in [0.05, 0.1) is 0 Å². The minimum absolute atomic E-state index is 0.147. The zero-order valence-electron chi connectivity index (χ0n) is 51.8. The number of hydrogen-bond acceptors (Lipinski definition) is 2. The van der Waals surface area contributed by atoms with Gasteiger partial charge in [-0.2, -0.15) is 0 Å². The molecule has 0 bridgehead atoms. The van der Waals surface area contributed by atoms with Crippen molar-refractivity contribution in [1.29, 1.82) is 0 Å². The van der Waals surface area contributed by atoms with Crippen LogP contribution in [0.25, 0.3) is 122 Å². The Morgan fingerprint density at radius 3 is 1.47 bits per heavy atom. The average Bonchev–Trinajstić information content (AvgIpc) is 1.74. The van der Waals surface area contributed by atoms with Gasteiger partial charge in [0.2, 0.25) is 0 Å². The molecule has 11 aromatic carbocycles. The molecular formula is C72H47N5OPt. The van der Waals surface area contributed by atoms with E-state index in [1.807, 2.05) is 165 Å². The van der Waals surface area contributed by atoms with Crippen molar-refractivity contribution in [3.63, 3.8) is 0 Å². The van der Waals surface area contributed by atoms with Gasteiger partial charge in [0.15, 0.2) is 0 Å². The summed E-state index contributed by atoms with van der Waals surface area (Å²) in [5.41, 5.74) is 10.4. The predicted molar refractivity (Wildman–Crippen MR) is 321 cm³/mol. The fourth-order valence-corrected chi connectivity index (χ4v) is 12.4. The van der Waals surface area contributed by atoms with Crippen LogP contribution in [0.4, 0.5) is 0 Å². The van der Waals surface area contributed by atoms with Gasteiger partial charge < -0.3 is 0 Å². The van der Waals surface area contributed by atoms with Gasteiger partial charge in [-0.25, -0.2) is 0 Å². The molecule has 0 fully saturated rings. The molecule has 0 unspecified atom stereocenters. The Bertz CT molecular complexity index is 5320. The monoisotopic (exact) mass is 1200 g/mol. The molecule has 6 nitrogen and oxygen atoms in total. The van der Waals surface area contributed by atoms with Gasteiger partial charge in [0.1, 0.15) is 0 Å². The zero-order chi connectivity index (χ0) is 61.1. The van der Waals surface area contributed by atoms with Crippen LogP contribution in [0.2, 0.25) is 0 Å². The van der Waals surface area contributed by atoms with Crippen molar-refractivity contribution in [2.75, 3.05) is 0 Å². The van der Waals surface area contributed by atoms with E-state index < -0.39 is 60.4 Å². The predicted octanol–water partition coefficient (Wildman–Crippen LogP) is 18.5. The second kappa shape index (κ2) is 19.3. The van der Waals surface area contributed by atoms with Crippen molar-refractivity contribution < 1.29 is 37.8 Å². The van der Waals surface area contributed by atoms with E-state index in [1.165, 1.54) is 0 Å². The first kappa shape index (κ1) is 37.0. The van der Waals surface area contributed by atoms with Crippen molar-refractivity contribution in [2.45, 2.75) is 0 Å². The first-order valence-electron chi connectivity index (χ1n) is 30.7. The summed E-state index contributed by atoms with van der Waals surface area (Å²) in [7, 11) is 0. The summed E-state index contributed by atoms with van der Waals surface area (Å²) in [6.45, 7) is 0. The Morgan fingerprint density at radius 1 is 0.342 bits per heavy atom. The molecule has 0 aliphatic carbocycles. The number of nitrogens with zero attached hydrogens (tertiary/aromatic N) is 5. The number of benzene rings is 11. The van der Waals surface area contributed by atoms with Crippen LogP contribution >= 0.6 is 0 Å². The first-order chi connectivity index (χ1) is 43.3. The summed E-state index contributed by atoms with van der Waals surface area (Å²) >= 11 is 2.21. The molecule has 0 amide bonds. The third-order valence-electron chi connectivity index (χ3n) is 14.7. The molecule has 0 aliphatic heterocycles. The van der Waals surface area contributed by atoms with Crippen LogP contribution in [0.15, 0.2) is 285 Å². The summed E-state index contributed by atoms with van der Waals surface area (Å²) < 4.78 is 107. The van der Waals surface area contributed by atoms with Gasteiger partial charge in [-0.3, -0.25) is 0 Å². The van der Waals surface area contributed by atoms with Crippen LogP contribution < -0.4 is 4.74 Å². The number of pyridine rings is 1. The van der Waals surface area contributed by atoms with Crippen molar-refractivity contribution in [2.24, 2.45) is 0 Å². The van der Waals surface area contributed by atoms with E-state index in [2.05, 4.69) is 84.6 Å². The number of para-hydroxylation sites is 5. The summed E-state index contributed by atoms with van der Waals surface area (Å²) in [5, 5.41) is 3.92. The number of imidazole rings is 1. The van der Waals surface area contributed by atoms with Crippen LogP contribution in [0.1, 0.15) is 13.7 Å². The number of aromatic nitrogens is 5. The van der Waals surface area contributed by atoms with Crippen LogP contribution in [0, 0.1) is 3.80 Å². The van der Waals surface area contributed by atoms with Gasteiger partial charge in [-0.05, 0) is 22.8 Å². The normalized spacial score (nSPS) is 13.4. The summed E-state index contributed by atoms with van der Waals surface area (Å²) in [6, 6.07) is 66.2. The Labute approximate surface area is 481 Å². The molecule has 4 heterocycles. The standard InChI is InChI=1S/C72H47N5O.Pt/c1-4-21-49(22-5-1)57-29-10-11-30-58(57)52-39-42-71(73-47-52)77-67-36-17-14-33-61(67)62-41-40-56(46-70(62)77)78-55-28-20-27-53(43-55)74-48-75(69-38-19-18-37-68(69)74)72-63(50-23-6-2-7-24-50)44-54(45-64(72)51-25-8-3-9-26-51)76-65-34-15-12-31-59(65)60-32-13-16-35-66(60)76;/h1-47H;/i2D,3D,6D,7D,8D,9D,23D,24D,25D,26D;. The quantitative estimate of drug-likeness (QED) is 0.137. The third-order valence-corrected chi connectivity index (χ3v) is 15.7. The Balaban J connectivity index is 0.916. The van der Waals surface area contributed by atoms with Gasteiger partial charge >= 0.3 is 382 Å². The molecule has 0 spiro atoms. The molecule has 0 saturated heterocycles. The second-order valence-corrected chi connectivity index (χ2v) is 20.1. The van der Waals surface area contributed by atoms with E-state index >= 15 is 0 Å². The second-order valence-electron chi connectivity index (χ2n) is 19.1. The molecule has 79 heavy (non-hydrogen) atoms. The SMILES string of the molecule is [2H]c1c([2H])c([2H])c(-c2cc(-n3c4ccccc4c4ccccc43)cc(-c3c([2H])c([2H])c([2H])c([2H])c3[2H])c2-n2[c](=[Pt])n(-c3cccc(Oc4ccc5c6ccccc6n(-c6ccc(-c7ccccc7-c7ccccc7)cn6)c5c4)c3)c3ccccc32)c([2H])c1[2H]. The average molecular weight is 1200 g/mol. The van der Waals surface area contributed by atoms with Gasteiger partial charge in [-0.15, -0.1) is 0 Å². The van der Waals surface area contributed by atoms with E-state index in [0.717, 1.165) is 71.7 Å². The number of ether oxygens (including phenoxy) is 1. The fraction of sp³-hybridized carbons (Fsp3) is 0. The third kappa shape index (κ3) is 7.91. The Hall–Kier alpha value is -9.87. The van der Waals surface area contributed by atoms with Crippen LogP contribution in [0.3, 0.4) is 0 Å². The minimum atomic E-state index is -0.582. The van der Waals surface area contributed by atoms with Crippen LogP contribution in [0.5, 0.6) is 11.5 Å². The molecule has 0 aliphatic rings. The van der Waals surface area contributed by atoms with E-state index in [9.17, 15) is 5.48 Å². The Morgan fingerprint density at radius 2 is 0.861 bits per heavy atom. The number of rotatable bonds is 10. The zero-order valence-corrected chi connectivity index (χ0v) is 44.1.